The molecule has 0 bridgehead atoms. The third-order valence-corrected chi connectivity index (χ3v) is 10.9. The van der Waals surface area contributed by atoms with E-state index in [4.69, 9.17) is 13.9 Å². The maximum Gasteiger partial charge on any atom is 0.306 e. The zero-order valence-electron chi connectivity index (χ0n) is 18.2. The van der Waals surface area contributed by atoms with Crippen LogP contribution in [0.15, 0.2) is 30.3 Å². The van der Waals surface area contributed by atoms with E-state index in [1.54, 1.807) is 6.92 Å². The van der Waals surface area contributed by atoms with Crippen molar-refractivity contribution < 1.29 is 23.5 Å². The first-order valence-corrected chi connectivity index (χ1v) is 12.8. The van der Waals surface area contributed by atoms with Gasteiger partial charge < -0.3 is 18.7 Å². The molecule has 1 aromatic carbocycles. The lowest BCUT2D eigenvalue weighted by Crippen LogP contribution is -2.58. The third-order valence-electron chi connectivity index (χ3n) is 6.31. The van der Waals surface area contributed by atoms with Crippen LogP contribution in [0.1, 0.15) is 46.6 Å². The topological polar surface area (TPSA) is 65.1 Å². The van der Waals surface area contributed by atoms with Crippen molar-refractivity contribution in [1.29, 1.82) is 0 Å². The van der Waals surface area contributed by atoms with Crippen LogP contribution < -0.4 is 0 Å². The van der Waals surface area contributed by atoms with Crippen LogP contribution >= 0.6 is 0 Å². The van der Waals surface area contributed by atoms with E-state index in [1.165, 1.54) is 0 Å². The Morgan fingerprint density at radius 2 is 1.82 bits per heavy atom. The molecule has 156 valence electrons. The first-order valence-electron chi connectivity index (χ1n) is 9.87. The van der Waals surface area contributed by atoms with Crippen LogP contribution in [0, 0.1) is 5.92 Å². The smallest absolute Gasteiger partial charge is 0.306 e. The van der Waals surface area contributed by atoms with Gasteiger partial charge in [-0.05, 0) is 30.6 Å². The molecule has 1 fully saturated rings. The largest absolute Gasteiger partial charge is 0.461 e. The van der Waals surface area contributed by atoms with Crippen molar-refractivity contribution in [3.05, 3.63) is 35.9 Å². The van der Waals surface area contributed by atoms with Crippen LogP contribution in [0.3, 0.4) is 0 Å². The molecule has 0 radical (unpaired) electrons. The molecule has 1 aromatic rings. The minimum absolute atomic E-state index is 0.0365. The second kappa shape index (κ2) is 8.09. The number of rotatable bonds is 9. The summed E-state index contributed by atoms with van der Waals surface area (Å²) in [5.74, 6) is -0.498. The second-order valence-corrected chi connectivity index (χ2v) is 14.2. The average molecular weight is 407 g/mol. The number of esters is 1. The number of carbonyl (C=O) groups excluding carboxylic acids is 2. The number of aldehydes is 1. The van der Waals surface area contributed by atoms with Gasteiger partial charge in [0.15, 0.2) is 14.6 Å². The molecule has 0 aliphatic carbocycles. The molecule has 1 heterocycles. The predicted octanol–water partition coefficient (Wildman–Crippen LogP) is 4.50. The molecule has 1 saturated heterocycles. The molecule has 0 aromatic heterocycles. The van der Waals surface area contributed by atoms with Gasteiger partial charge in [-0.25, -0.2) is 0 Å². The van der Waals surface area contributed by atoms with Crippen LogP contribution in [0.25, 0.3) is 0 Å². The van der Waals surface area contributed by atoms with Gasteiger partial charge in [0, 0.05) is 5.92 Å². The van der Waals surface area contributed by atoms with Gasteiger partial charge in [-0.15, -0.1) is 0 Å². The lowest BCUT2D eigenvalue weighted by molar-refractivity contribution is -0.148. The van der Waals surface area contributed by atoms with Crippen LogP contribution in [-0.4, -0.2) is 38.4 Å². The van der Waals surface area contributed by atoms with Crippen molar-refractivity contribution in [3.8, 4) is 0 Å². The molecule has 1 aliphatic heterocycles. The molecule has 5 nitrogen and oxygen atoms in total. The Bertz CT molecular complexity index is 691. The zero-order chi connectivity index (χ0) is 21.2. The van der Waals surface area contributed by atoms with Gasteiger partial charge in [0.25, 0.3) is 0 Å². The van der Waals surface area contributed by atoms with E-state index in [9.17, 15) is 9.59 Å². The zero-order valence-corrected chi connectivity index (χ0v) is 19.2. The molecule has 0 amide bonds. The minimum Gasteiger partial charge on any atom is -0.461 e. The third kappa shape index (κ3) is 4.73. The van der Waals surface area contributed by atoms with Crippen molar-refractivity contribution in [2.24, 2.45) is 5.92 Å². The first-order chi connectivity index (χ1) is 12.9. The van der Waals surface area contributed by atoms with E-state index in [1.807, 2.05) is 37.3 Å². The van der Waals surface area contributed by atoms with Crippen LogP contribution in [-0.2, 0) is 30.1 Å². The summed E-state index contributed by atoms with van der Waals surface area (Å²) >= 11 is 0. The van der Waals surface area contributed by atoms with Gasteiger partial charge in [-0.3, -0.25) is 4.79 Å². The summed E-state index contributed by atoms with van der Waals surface area (Å²) in [7, 11) is -2.20. The van der Waals surface area contributed by atoms with Crippen molar-refractivity contribution >= 4 is 20.6 Å². The number of ether oxygens (including phenoxy) is 2. The molecule has 28 heavy (non-hydrogen) atoms. The van der Waals surface area contributed by atoms with E-state index in [2.05, 4.69) is 33.9 Å². The summed E-state index contributed by atoms with van der Waals surface area (Å²) < 4.78 is 17.7. The summed E-state index contributed by atoms with van der Waals surface area (Å²) in [6.45, 7) is 15.0. The SMILES string of the molecule is C[C@@H](CC(=O)OCc1ccccc1)[C@]1([C@](C)(C=O)O[Si](C)(C)C(C)(C)C)CO1. The number of hydrogen-bond acceptors (Lipinski definition) is 5. The lowest BCUT2D eigenvalue weighted by Gasteiger charge is -2.45. The molecular formula is C22H34O5Si. The summed E-state index contributed by atoms with van der Waals surface area (Å²) in [5, 5.41) is -0.0365. The minimum atomic E-state index is -2.20. The number of epoxide rings is 1. The molecule has 0 saturated carbocycles. The van der Waals surface area contributed by atoms with Crippen molar-refractivity contribution in [2.75, 3.05) is 6.61 Å². The molecule has 0 N–H and O–H groups in total. The normalized spacial score (nSPS) is 22.8. The van der Waals surface area contributed by atoms with Crippen LogP contribution in [0.5, 0.6) is 0 Å². The average Bonchev–Trinajstić information content (AvgIpc) is 3.42. The number of hydrogen-bond donors (Lipinski definition) is 0. The molecule has 0 spiro atoms. The molecule has 1 aliphatic rings. The van der Waals surface area contributed by atoms with Gasteiger partial charge in [0.1, 0.15) is 17.8 Å². The highest BCUT2D eigenvalue weighted by Gasteiger charge is 2.65. The Morgan fingerprint density at radius 3 is 2.29 bits per heavy atom. The Labute approximate surface area is 169 Å². The van der Waals surface area contributed by atoms with Crippen molar-refractivity contribution in [2.45, 2.75) is 77.0 Å². The van der Waals surface area contributed by atoms with Gasteiger partial charge in [0.05, 0.1) is 13.0 Å². The highest BCUT2D eigenvalue weighted by atomic mass is 28.4. The Balaban J connectivity index is 2.05. The Morgan fingerprint density at radius 1 is 1.25 bits per heavy atom. The van der Waals surface area contributed by atoms with Gasteiger partial charge in [-0.2, -0.15) is 0 Å². The maximum atomic E-state index is 12.4. The summed E-state index contributed by atoms with van der Waals surface area (Å²) in [6.07, 6.45) is 1.03. The molecule has 3 atom stereocenters. The maximum absolute atomic E-state index is 12.4. The highest BCUT2D eigenvalue weighted by Crippen LogP contribution is 2.50. The van der Waals surface area contributed by atoms with Gasteiger partial charge in [-0.1, -0.05) is 58.0 Å². The standard InChI is InChI=1S/C22H34O5Si/c1-17(13-19(24)25-14-18-11-9-8-10-12-18)22(16-26-22)21(5,15-23)27-28(6,7)20(2,3)4/h8-12,15,17H,13-14,16H2,1-7H3/t17-,21-,22-/m0/s1. The van der Waals surface area contributed by atoms with Gasteiger partial charge in [0.2, 0.25) is 0 Å². The van der Waals surface area contributed by atoms with Gasteiger partial charge >= 0.3 is 5.97 Å². The monoisotopic (exact) mass is 406 g/mol. The van der Waals surface area contributed by atoms with E-state index in [0.29, 0.717) is 6.61 Å². The van der Waals surface area contributed by atoms with Crippen LogP contribution in [0.2, 0.25) is 18.1 Å². The number of carbonyl (C=O) groups is 2. The molecule has 0 unspecified atom stereocenters. The van der Waals surface area contributed by atoms with Crippen LogP contribution in [0.4, 0.5) is 0 Å². The van der Waals surface area contributed by atoms with E-state index in [-0.39, 0.29) is 30.0 Å². The summed E-state index contributed by atoms with van der Waals surface area (Å²) in [6, 6.07) is 9.57. The Hall–Kier alpha value is -1.50. The van der Waals surface area contributed by atoms with E-state index in [0.717, 1.165) is 11.8 Å². The predicted molar refractivity (Wildman–Crippen MR) is 111 cm³/mol. The van der Waals surface area contributed by atoms with E-state index < -0.39 is 19.5 Å². The van der Waals surface area contributed by atoms with Crippen molar-refractivity contribution in [3.63, 3.8) is 0 Å². The summed E-state index contributed by atoms with van der Waals surface area (Å²) in [5.41, 5.74) is -0.926. The lowest BCUT2D eigenvalue weighted by atomic mass is 9.79. The fourth-order valence-electron chi connectivity index (χ4n) is 3.24. The molecule has 6 heteroatoms. The molecule has 2 rings (SSSR count). The second-order valence-electron chi connectivity index (χ2n) is 9.52. The first kappa shape index (κ1) is 22.8. The quantitative estimate of drug-likeness (QED) is 0.261. The number of benzene rings is 1. The van der Waals surface area contributed by atoms with E-state index >= 15 is 0 Å². The Kier molecular flexibility index (Phi) is 6.58. The summed E-state index contributed by atoms with van der Waals surface area (Å²) in [4.78, 5) is 24.5. The fraction of sp³-hybridized carbons (Fsp3) is 0.636. The molecular weight excluding hydrogens is 372 g/mol. The van der Waals surface area contributed by atoms with Crippen molar-refractivity contribution in [1.82, 2.24) is 0 Å². The highest BCUT2D eigenvalue weighted by molar-refractivity contribution is 6.74. The fourth-order valence-corrected chi connectivity index (χ4v) is 4.83.